The molecule has 84 valence electrons. The molecule has 2 atom stereocenters. The quantitative estimate of drug-likeness (QED) is 0.417. The van der Waals surface area contributed by atoms with Crippen molar-refractivity contribution in [3.05, 3.63) is 0 Å². The first-order valence-corrected chi connectivity index (χ1v) is 4.25. The first-order chi connectivity index (χ1) is 7.04. The fraction of sp³-hybridized carbons (Fsp3) is 0.625. The Balaban J connectivity index is 2.43. The van der Waals surface area contributed by atoms with Crippen molar-refractivity contribution in [2.75, 3.05) is 13.7 Å². The number of hydrogen-bond acceptors (Lipinski definition) is 6. The van der Waals surface area contributed by atoms with Gasteiger partial charge in [0.1, 0.15) is 19.1 Å². The third-order valence-electron chi connectivity index (χ3n) is 1.88. The molecule has 0 aromatic rings. The van der Waals surface area contributed by atoms with Crippen molar-refractivity contribution in [1.29, 1.82) is 0 Å². The Kier molecular flexibility index (Phi) is 3.62. The zero-order chi connectivity index (χ0) is 11.4. The van der Waals surface area contributed by atoms with Crippen LogP contribution in [0.25, 0.3) is 0 Å². The van der Waals surface area contributed by atoms with E-state index in [1.165, 1.54) is 0 Å². The van der Waals surface area contributed by atoms with Gasteiger partial charge in [0.25, 0.3) is 0 Å². The van der Waals surface area contributed by atoms with E-state index in [-0.39, 0.29) is 6.61 Å². The standard InChI is InChI=1S/C8H11NO6/c1-14-6(12)2-5(11)9-7-4(10)3-15-8(7)13/h4,7,10H,2-3H2,1H3,(H,9,11). The summed E-state index contributed by atoms with van der Waals surface area (Å²) in [5.41, 5.74) is 0. The highest BCUT2D eigenvalue weighted by Gasteiger charge is 2.36. The minimum absolute atomic E-state index is 0.151. The second-order valence-corrected chi connectivity index (χ2v) is 3.00. The van der Waals surface area contributed by atoms with E-state index in [0.717, 1.165) is 7.11 Å². The average molecular weight is 217 g/mol. The topological polar surface area (TPSA) is 102 Å². The number of aliphatic hydroxyl groups is 1. The van der Waals surface area contributed by atoms with E-state index in [0.29, 0.717) is 0 Å². The fourth-order valence-electron chi connectivity index (χ4n) is 1.09. The maximum Gasteiger partial charge on any atom is 0.331 e. The molecule has 0 aromatic heterocycles. The zero-order valence-electron chi connectivity index (χ0n) is 8.06. The Bertz CT molecular complexity index is 289. The average Bonchev–Trinajstić information content (AvgIpc) is 2.49. The number of hydrogen-bond donors (Lipinski definition) is 2. The molecule has 0 spiro atoms. The van der Waals surface area contributed by atoms with Gasteiger partial charge in [-0.3, -0.25) is 9.59 Å². The van der Waals surface area contributed by atoms with Gasteiger partial charge in [0.2, 0.25) is 5.91 Å². The van der Waals surface area contributed by atoms with Gasteiger partial charge in [0.15, 0.2) is 6.04 Å². The summed E-state index contributed by atoms with van der Waals surface area (Å²) in [6.07, 6.45) is -1.56. The second kappa shape index (κ2) is 4.74. The van der Waals surface area contributed by atoms with E-state index >= 15 is 0 Å². The molecule has 0 saturated carbocycles. The zero-order valence-corrected chi connectivity index (χ0v) is 8.06. The van der Waals surface area contributed by atoms with E-state index < -0.39 is 36.4 Å². The van der Waals surface area contributed by atoms with E-state index in [1.54, 1.807) is 0 Å². The summed E-state index contributed by atoms with van der Waals surface area (Å²) in [5, 5.41) is 11.4. The number of esters is 2. The minimum Gasteiger partial charge on any atom is -0.469 e. The summed E-state index contributed by atoms with van der Waals surface area (Å²) in [7, 11) is 1.15. The highest BCUT2D eigenvalue weighted by Crippen LogP contribution is 2.07. The molecule has 0 aromatic carbocycles. The molecule has 2 unspecified atom stereocenters. The highest BCUT2D eigenvalue weighted by atomic mass is 16.6. The Morgan fingerprint density at radius 2 is 2.33 bits per heavy atom. The number of carbonyl (C=O) groups is 3. The first-order valence-electron chi connectivity index (χ1n) is 4.25. The summed E-state index contributed by atoms with van der Waals surface area (Å²) >= 11 is 0. The maximum absolute atomic E-state index is 11.1. The number of amides is 1. The van der Waals surface area contributed by atoms with Crippen molar-refractivity contribution in [2.24, 2.45) is 0 Å². The van der Waals surface area contributed by atoms with Crippen LogP contribution in [0.4, 0.5) is 0 Å². The number of carbonyl (C=O) groups excluding carboxylic acids is 3. The predicted octanol–water partition coefficient (Wildman–Crippen LogP) is -2.05. The van der Waals surface area contributed by atoms with Crippen molar-refractivity contribution in [1.82, 2.24) is 5.32 Å². The molecule has 1 heterocycles. The van der Waals surface area contributed by atoms with Crippen molar-refractivity contribution >= 4 is 17.8 Å². The van der Waals surface area contributed by atoms with Gasteiger partial charge in [-0.2, -0.15) is 0 Å². The van der Waals surface area contributed by atoms with Crippen LogP contribution >= 0.6 is 0 Å². The highest BCUT2D eigenvalue weighted by molar-refractivity contribution is 5.96. The van der Waals surface area contributed by atoms with Crippen molar-refractivity contribution in [3.8, 4) is 0 Å². The smallest absolute Gasteiger partial charge is 0.331 e. The van der Waals surface area contributed by atoms with E-state index in [4.69, 9.17) is 0 Å². The lowest BCUT2D eigenvalue weighted by atomic mass is 10.2. The molecule has 1 aliphatic rings. The van der Waals surface area contributed by atoms with E-state index in [1.807, 2.05) is 0 Å². The molecule has 2 N–H and O–H groups in total. The number of aliphatic hydroxyl groups excluding tert-OH is 1. The summed E-state index contributed by atoms with van der Waals surface area (Å²) in [6.45, 7) is -0.151. The van der Waals surface area contributed by atoms with Crippen LogP contribution in [-0.4, -0.2) is 48.8 Å². The van der Waals surface area contributed by atoms with Crippen LogP contribution in [-0.2, 0) is 23.9 Å². The van der Waals surface area contributed by atoms with Gasteiger partial charge < -0.3 is 19.9 Å². The Morgan fingerprint density at radius 1 is 1.67 bits per heavy atom. The monoisotopic (exact) mass is 217 g/mol. The molecule has 1 aliphatic heterocycles. The molecule has 0 bridgehead atoms. The number of ether oxygens (including phenoxy) is 2. The van der Waals surface area contributed by atoms with Crippen LogP contribution in [0.15, 0.2) is 0 Å². The maximum atomic E-state index is 11.1. The third kappa shape index (κ3) is 2.91. The van der Waals surface area contributed by atoms with Crippen molar-refractivity contribution < 1.29 is 29.0 Å². The third-order valence-corrected chi connectivity index (χ3v) is 1.88. The van der Waals surface area contributed by atoms with Gasteiger partial charge in [-0.05, 0) is 0 Å². The Labute approximate surface area is 85.3 Å². The normalized spacial score (nSPS) is 24.5. The number of nitrogens with one attached hydrogen (secondary N) is 1. The molecule has 0 radical (unpaired) electrons. The van der Waals surface area contributed by atoms with Gasteiger partial charge in [-0.25, -0.2) is 4.79 Å². The molecule has 7 heteroatoms. The van der Waals surface area contributed by atoms with Gasteiger partial charge in [0, 0.05) is 0 Å². The van der Waals surface area contributed by atoms with Gasteiger partial charge in [-0.15, -0.1) is 0 Å². The lowest BCUT2D eigenvalue weighted by molar-refractivity contribution is -0.146. The molecule has 1 amide bonds. The number of methoxy groups -OCH3 is 1. The van der Waals surface area contributed by atoms with Crippen LogP contribution < -0.4 is 5.32 Å². The minimum atomic E-state index is -1.10. The van der Waals surface area contributed by atoms with Gasteiger partial charge in [-0.1, -0.05) is 0 Å². The van der Waals surface area contributed by atoms with E-state index in [9.17, 15) is 19.5 Å². The first kappa shape index (κ1) is 11.4. The van der Waals surface area contributed by atoms with Crippen molar-refractivity contribution in [3.63, 3.8) is 0 Å². The molecule has 1 saturated heterocycles. The summed E-state index contributed by atoms with van der Waals surface area (Å²) in [5.74, 6) is -2.11. The molecule has 1 rings (SSSR count). The fourth-order valence-corrected chi connectivity index (χ4v) is 1.09. The lowest BCUT2D eigenvalue weighted by Crippen LogP contribution is -2.45. The molecular weight excluding hydrogens is 206 g/mol. The van der Waals surface area contributed by atoms with Crippen molar-refractivity contribution in [2.45, 2.75) is 18.6 Å². The van der Waals surface area contributed by atoms with Crippen LogP contribution in [0.1, 0.15) is 6.42 Å². The SMILES string of the molecule is COC(=O)CC(=O)NC1C(=O)OCC1O. The van der Waals surface area contributed by atoms with Gasteiger partial charge in [0.05, 0.1) is 7.11 Å². The molecular formula is C8H11NO6. The van der Waals surface area contributed by atoms with Crippen LogP contribution in [0, 0.1) is 0 Å². The molecule has 7 nitrogen and oxygen atoms in total. The summed E-state index contributed by atoms with van der Waals surface area (Å²) in [6, 6.07) is -1.10. The predicted molar refractivity (Wildman–Crippen MR) is 45.5 cm³/mol. The van der Waals surface area contributed by atoms with Crippen LogP contribution in [0.3, 0.4) is 0 Å². The largest absolute Gasteiger partial charge is 0.469 e. The molecule has 0 aliphatic carbocycles. The number of cyclic esters (lactones) is 1. The van der Waals surface area contributed by atoms with E-state index in [2.05, 4.69) is 14.8 Å². The lowest BCUT2D eigenvalue weighted by Gasteiger charge is -2.11. The van der Waals surface area contributed by atoms with Gasteiger partial charge >= 0.3 is 11.9 Å². The molecule has 15 heavy (non-hydrogen) atoms. The Morgan fingerprint density at radius 3 is 2.80 bits per heavy atom. The number of rotatable bonds is 3. The Hall–Kier alpha value is -1.63. The van der Waals surface area contributed by atoms with Crippen LogP contribution in [0.5, 0.6) is 0 Å². The van der Waals surface area contributed by atoms with Crippen LogP contribution in [0.2, 0.25) is 0 Å². The molecule has 1 fully saturated rings. The second-order valence-electron chi connectivity index (χ2n) is 3.00. The summed E-state index contributed by atoms with van der Waals surface area (Å²) in [4.78, 5) is 32.8. The summed E-state index contributed by atoms with van der Waals surface area (Å²) < 4.78 is 8.75.